The van der Waals surface area contributed by atoms with Crippen LogP contribution in [0.4, 0.5) is 5.82 Å². The van der Waals surface area contributed by atoms with E-state index in [1.165, 1.54) is 6.07 Å². The van der Waals surface area contributed by atoms with Crippen LogP contribution in [0.3, 0.4) is 0 Å². The standard InChI is InChI=1S/C17H19ClN4O2/c1-22(2)15-9-13(8-14(18)21-15)17(24)20-11-16(23)19-10-12-6-4-3-5-7-12/h3-9H,10-11H2,1-2H3,(H,19,23)(H,20,24). The fraction of sp³-hybridized carbons (Fsp3) is 0.235. The van der Waals surface area contributed by atoms with Gasteiger partial charge in [-0.15, -0.1) is 0 Å². The number of hydrogen-bond acceptors (Lipinski definition) is 4. The molecule has 0 aliphatic rings. The van der Waals surface area contributed by atoms with Crippen LogP contribution >= 0.6 is 11.6 Å². The normalized spacial score (nSPS) is 10.1. The van der Waals surface area contributed by atoms with E-state index in [1.807, 2.05) is 30.3 Å². The molecule has 0 aliphatic carbocycles. The molecule has 1 heterocycles. The van der Waals surface area contributed by atoms with Gasteiger partial charge in [0.1, 0.15) is 11.0 Å². The average Bonchev–Trinajstić information content (AvgIpc) is 2.58. The molecule has 0 radical (unpaired) electrons. The Morgan fingerprint density at radius 2 is 1.83 bits per heavy atom. The third-order valence-electron chi connectivity index (χ3n) is 3.24. The summed E-state index contributed by atoms with van der Waals surface area (Å²) in [6.45, 7) is 0.310. The van der Waals surface area contributed by atoms with Crippen molar-refractivity contribution in [2.24, 2.45) is 0 Å². The van der Waals surface area contributed by atoms with E-state index in [9.17, 15) is 9.59 Å². The van der Waals surface area contributed by atoms with E-state index in [0.717, 1.165) is 5.56 Å². The van der Waals surface area contributed by atoms with Gasteiger partial charge in [0.05, 0.1) is 6.54 Å². The van der Waals surface area contributed by atoms with Crippen molar-refractivity contribution in [2.75, 3.05) is 25.5 Å². The summed E-state index contributed by atoms with van der Waals surface area (Å²) in [6, 6.07) is 12.6. The molecule has 0 fully saturated rings. The molecular weight excluding hydrogens is 328 g/mol. The molecule has 7 heteroatoms. The SMILES string of the molecule is CN(C)c1cc(C(=O)NCC(=O)NCc2ccccc2)cc(Cl)n1. The van der Waals surface area contributed by atoms with Crippen LogP contribution < -0.4 is 15.5 Å². The van der Waals surface area contributed by atoms with E-state index in [0.29, 0.717) is 17.9 Å². The molecule has 126 valence electrons. The molecule has 0 spiro atoms. The maximum atomic E-state index is 12.2. The molecule has 2 N–H and O–H groups in total. The van der Waals surface area contributed by atoms with Crippen molar-refractivity contribution in [2.45, 2.75) is 6.54 Å². The van der Waals surface area contributed by atoms with Crippen LogP contribution in [0.1, 0.15) is 15.9 Å². The Morgan fingerprint density at radius 3 is 2.50 bits per heavy atom. The summed E-state index contributed by atoms with van der Waals surface area (Å²) in [5.74, 6) is -0.0707. The minimum absolute atomic E-state index is 0.108. The number of halogens is 1. The highest BCUT2D eigenvalue weighted by Gasteiger charge is 2.11. The van der Waals surface area contributed by atoms with Crippen molar-refractivity contribution in [1.82, 2.24) is 15.6 Å². The molecule has 0 saturated heterocycles. The maximum absolute atomic E-state index is 12.2. The largest absolute Gasteiger partial charge is 0.363 e. The van der Waals surface area contributed by atoms with Crippen molar-refractivity contribution in [3.63, 3.8) is 0 Å². The number of hydrogen-bond donors (Lipinski definition) is 2. The number of aromatic nitrogens is 1. The molecule has 1 aromatic heterocycles. The van der Waals surface area contributed by atoms with Crippen molar-refractivity contribution < 1.29 is 9.59 Å². The highest BCUT2D eigenvalue weighted by atomic mass is 35.5. The second kappa shape index (κ2) is 8.31. The highest BCUT2D eigenvalue weighted by Crippen LogP contribution is 2.16. The molecule has 6 nitrogen and oxygen atoms in total. The van der Waals surface area contributed by atoms with E-state index in [1.54, 1.807) is 25.1 Å². The fourth-order valence-electron chi connectivity index (χ4n) is 1.96. The van der Waals surface area contributed by atoms with Gasteiger partial charge < -0.3 is 15.5 Å². The maximum Gasteiger partial charge on any atom is 0.251 e. The molecule has 0 saturated carbocycles. The quantitative estimate of drug-likeness (QED) is 0.783. The van der Waals surface area contributed by atoms with E-state index < -0.39 is 0 Å². The zero-order chi connectivity index (χ0) is 17.5. The molecule has 0 bridgehead atoms. The van der Waals surface area contributed by atoms with Gasteiger partial charge in [-0.1, -0.05) is 41.9 Å². The van der Waals surface area contributed by atoms with Gasteiger partial charge in [-0.25, -0.2) is 4.98 Å². The highest BCUT2D eigenvalue weighted by molar-refractivity contribution is 6.29. The molecule has 2 rings (SSSR count). The molecule has 0 aliphatic heterocycles. The summed E-state index contributed by atoms with van der Waals surface area (Å²) in [4.78, 5) is 29.8. The fourth-order valence-corrected chi connectivity index (χ4v) is 2.17. The number of amides is 2. The first-order valence-corrected chi connectivity index (χ1v) is 7.77. The van der Waals surface area contributed by atoms with Gasteiger partial charge in [-0.3, -0.25) is 9.59 Å². The Hall–Kier alpha value is -2.60. The van der Waals surface area contributed by atoms with Crippen molar-refractivity contribution in [3.8, 4) is 0 Å². The summed E-state index contributed by atoms with van der Waals surface area (Å²) in [5, 5.41) is 5.54. The Kier molecular flexibility index (Phi) is 6.14. The third kappa shape index (κ3) is 5.24. The van der Waals surface area contributed by atoms with Crippen LogP contribution in [-0.4, -0.2) is 37.4 Å². The van der Waals surface area contributed by atoms with Gasteiger partial charge in [-0.05, 0) is 17.7 Å². The topological polar surface area (TPSA) is 74.3 Å². The molecule has 0 atom stereocenters. The first kappa shape index (κ1) is 17.7. The van der Waals surface area contributed by atoms with Crippen molar-refractivity contribution in [1.29, 1.82) is 0 Å². The smallest absolute Gasteiger partial charge is 0.251 e. The van der Waals surface area contributed by atoms with E-state index in [-0.39, 0.29) is 23.5 Å². The third-order valence-corrected chi connectivity index (χ3v) is 3.44. The minimum Gasteiger partial charge on any atom is -0.363 e. The lowest BCUT2D eigenvalue weighted by atomic mass is 10.2. The first-order valence-electron chi connectivity index (χ1n) is 7.39. The second-order valence-corrected chi connectivity index (χ2v) is 5.76. The van der Waals surface area contributed by atoms with Gasteiger partial charge in [0.25, 0.3) is 5.91 Å². The van der Waals surface area contributed by atoms with Gasteiger partial charge in [-0.2, -0.15) is 0 Å². The van der Waals surface area contributed by atoms with Crippen LogP contribution in [0, 0.1) is 0 Å². The van der Waals surface area contributed by atoms with Crippen molar-refractivity contribution >= 4 is 29.2 Å². The number of nitrogens with one attached hydrogen (secondary N) is 2. The van der Waals surface area contributed by atoms with Crippen molar-refractivity contribution in [3.05, 3.63) is 58.7 Å². The first-order chi connectivity index (χ1) is 11.5. The van der Waals surface area contributed by atoms with Crippen LogP contribution in [0.15, 0.2) is 42.5 Å². The van der Waals surface area contributed by atoms with Gasteiger partial charge >= 0.3 is 0 Å². The lowest BCUT2D eigenvalue weighted by molar-refractivity contribution is -0.120. The summed E-state index contributed by atoms with van der Waals surface area (Å²) < 4.78 is 0. The molecule has 0 unspecified atom stereocenters. The minimum atomic E-state index is -0.378. The monoisotopic (exact) mass is 346 g/mol. The molecule has 2 amide bonds. The lowest BCUT2D eigenvalue weighted by Crippen LogP contribution is -2.36. The number of rotatable bonds is 6. The van der Waals surface area contributed by atoms with Crippen LogP contribution in [0.2, 0.25) is 5.15 Å². The molecular formula is C17H19ClN4O2. The van der Waals surface area contributed by atoms with Crippen LogP contribution in [0.25, 0.3) is 0 Å². The predicted octanol–water partition coefficient (Wildman–Crippen LogP) is 1.85. The summed E-state index contributed by atoms with van der Waals surface area (Å²) in [7, 11) is 3.61. The molecule has 24 heavy (non-hydrogen) atoms. The Balaban J connectivity index is 1.87. The summed E-state index contributed by atoms with van der Waals surface area (Å²) in [5.41, 5.74) is 1.35. The zero-order valence-corrected chi connectivity index (χ0v) is 14.3. The lowest BCUT2D eigenvalue weighted by Gasteiger charge is -2.13. The van der Waals surface area contributed by atoms with E-state index in [4.69, 9.17) is 11.6 Å². The summed E-state index contributed by atoms with van der Waals surface area (Å²) in [6.07, 6.45) is 0. The Labute approximate surface area is 145 Å². The molecule has 1 aromatic carbocycles. The average molecular weight is 347 g/mol. The van der Waals surface area contributed by atoms with Gasteiger partial charge in [0.2, 0.25) is 5.91 Å². The number of benzene rings is 1. The number of nitrogens with zero attached hydrogens (tertiary/aromatic N) is 2. The number of anilines is 1. The second-order valence-electron chi connectivity index (χ2n) is 5.38. The van der Waals surface area contributed by atoms with E-state index >= 15 is 0 Å². The Bertz CT molecular complexity index is 720. The number of carbonyl (C=O) groups is 2. The zero-order valence-electron chi connectivity index (χ0n) is 13.5. The predicted molar refractivity (Wildman–Crippen MR) is 94.2 cm³/mol. The van der Waals surface area contributed by atoms with Gasteiger partial charge in [0, 0.05) is 26.2 Å². The van der Waals surface area contributed by atoms with E-state index in [2.05, 4.69) is 15.6 Å². The van der Waals surface area contributed by atoms with Gasteiger partial charge in [0.15, 0.2) is 0 Å². The molecule has 2 aromatic rings. The number of carbonyl (C=O) groups excluding carboxylic acids is 2. The van der Waals surface area contributed by atoms with Crippen LogP contribution in [-0.2, 0) is 11.3 Å². The number of pyridine rings is 1. The Morgan fingerprint density at radius 1 is 1.12 bits per heavy atom. The van der Waals surface area contributed by atoms with Crippen LogP contribution in [0.5, 0.6) is 0 Å². The summed E-state index contributed by atoms with van der Waals surface area (Å²) >= 11 is 5.92.